The largest absolute Gasteiger partial charge is 0.480 e. The number of aliphatic carboxylic acids is 1. The SMILES string of the molecule is COC(=O)c1cc(NC(=O)[C@H](C)NC(=O)[C@@H](NC(=O)OC(C)(C)C)C(C)C)ccc1-c1cn(CCC[C@H](NC(=O)c2ccc(CCc3cnc4nc(N)nc(N)c4n3)cc2)C(=O)O)nn1. The number of carboxylic acids is 1. The molecule has 22 nitrogen and oxygen atoms in total. The Morgan fingerprint density at radius 2 is 1.62 bits per heavy atom. The number of anilines is 3. The van der Waals surface area contributed by atoms with Gasteiger partial charge in [0.15, 0.2) is 17.0 Å². The van der Waals surface area contributed by atoms with Crippen LogP contribution < -0.4 is 32.7 Å². The zero-order valence-electron chi connectivity index (χ0n) is 37.0. The summed E-state index contributed by atoms with van der Waals surface area (Å²) in [7, 11) is 1.20. The highest BCUT2D eigenvalue weighted by molar-refractivity contribution is 6.02. The van der Waals surface area contributed by atoms with Crippen molar-refractivity contribution in [3.05, 3.63) is 77.2 Å². The first kappa shape index (κ1) is 48.3. The maximum absolute atomic E-state index is 13.1. The molecule has 0 spiro atoms. The summed E-state index contributed by atoms with van der Waals surface area (Å²) in [6.07, 6.45) is 3.84. The van der Waals surface area contributed by atoms with E-state index in [1.54, 1.807) is 77.3 Å². The third kappa shape index (κ3) is 13.4. The minimum Gasteiger partial charge on any atom is -0.480 e. The number of amides is 4. The molecule has 0 saturated heterocycles. The number of carboxylic acid groups (broad SMARTS) is 1. The fraction of sp³-hybridized carbons (Fsp3) is 0.395. The van der Waals surface area contributed by atoms with Crippen LogP contribution in [0, 0.1) is 5.92 Å². The fourth-order valence-corrected chi connectivity index (χ4v) is 6.40. The molecule has 0 fully saturated rings. The predicted octanol–water partition coefficient (Wildman–Crippen LogP) is 3.07. The van der Waals surface area contributed by atoms with Crippen LogP contribution in [0.5, 0.6) is 0 Å². The van der Waals surface area contributed by atoms with Crippen molar-refractivity contribution in [2.45, 2.75) is 97.5 Å². The Bertz CT molecular complexity index is 2560. The van der Waals surface area contributed by atoms with Crippen molar-refractivity contribution in [1.29, 1.82) is 0 Å². The van der Waals surface area contributed by atoms with Crippen LogP contribution in [0.1, 0.15) is 86.4 Å². The Labute approximate surface area is 373 Å². The smallest absolute Gasteiger partial charge is 0.408 e. The number of nitrogens with one attached hydrogen (secondary N) is 4. The summed E-state index contributed by atoms with van der Waals surface area (Å²) in [6.45, 7) is 10.3. The molecule has 0 bridgehead atoms. The topological polar surface area (TPSA) is 324 Å². The van der Waals surface area contributed by atoms with Gasteiger partial charge in [0.25, 0.3) is 5.91 Å². The van der Waals surface area contributed by atoms with Gasteiger partial charge >= 0.3 is 18.0 Å². The third-order valence-electron chi connectivity index (χ3n) is 9.75. The van der Waals surface area contributed by atoms with Gasteiger partial charge < -0.3 is 47.3 Å². The van der Waals surface area contributed by atoms with E-state index in [2.05, 4.69) is 51.5 Å². The number of nitrogen functional groups attached to an aromatic ring is 2. The number of aromatic nitrogens is 7. The van der Waals surface area contributed by atoms with E-state index in [-0.39, 0.29) is 47.5 Å². The highest BCUT2D eigenvalue weighted by Gasteiger charge is 2.29. The molecule has 9 N–H and O–H groups in total. The summed E-state index contributed by atoms with van der Waals surface area (Å²) in [5.41, 5.74) is 14.2. The van der Waals surface area contributed by atoms with Crippen LogP contribution in [-0.4, -0.2) is 107 Å². The molecule has 344 valence electrons. The van der Waals surface area contributed by atoms with Crippen molar-refractivity contribution < 1.29 is 43.3 Å². The Morgan fingerprint density at radius 1 is 0.892 bits per heavy atom. The molecule has 0 aliphatic heterocycles. The number of rotatable bonds is 18. The number of aryl methyl sites for hydroxylation is 3. The van der Waals surface area contributed by atoms with Crippen molar-refractivity contribution in [1.82, 2.24) is 50.9 Å². The van der Waals surface area contributed by atoms with Gasteiger partial charge in [-0.25, -0.2) is 24.4 Å². The van der Waals surface area contributed by atoms with Crippen LogP contribution in [0.25, 0.3) is 22.4 Å². The molecule has 5 rings (SSSR count). The lowest BCUT2D eigenvalue weighted by molar-refractivity contribution is -0.139. The number of carbonyl (C=O) groups is 6. The molecule has 0 saturated carbocycles. The van der Waals surface area contributed by atoms with E-state index in [9.17, 15) is 33.9 Å². The lowest BCUT2D eigenvalue weighted by atomic mass is 10.0. The number of nitrogens with two attached hydrogens (primary N) is 2. The Kier molecular flexibility index (Phi) is 15.6. The quantitative estimate of drug-likeness (QED) is 0.0622. The molecule has 65 heavy (non-hydrogen) atoms. The molecule has 0 aliphatic rings. The minimum atomic E-state index is -1.21. The van der Waals surface area contributed by atoms with Gasteiger partial charge in [-0.1, -0.05) is 31.2 Å². The molecular formula is C43H53N13O9. The van der Waals surface area contributed by atoms with Gasteiger partial charge in [0.1, 0.15) is 29.4 Å². The highest BCUT2D eigenvalue weighted by atomic mass is 16.6. The van der Waals surface area contributed by atoms with Gasteiger partial charge in [-0.3, -0.25) is 19.1 Å². The minimum absolute atomic E-state index is 0.00918. The molecule has 5 aromatic rings. The van der Waals surface area contributed by atoms with Gasteiger partial charge in [-0.2, -0.15) is 9.97 Å². The molecule has 3 aromatic heterocycles. The normalized spacial score (nSPS) is 12.7. The Balaban J connectivity index is 1.14. The average Bonchev–Trinajstić information content (AvgIpc) is 3.72. The number of fused-ring (bicyclic) bond motifs is 1. The van der Waals surface area contributed by atoms with Gasteiger partial charge in [-0.15, -0.1) is 5.10 Å². The lowest BCUT2D eigenvalue weighted by Crippen LogP contribution is -2.54. The molecule has 0 unspecified atom stereocenters. The summed E-state index contributed by atoms with van der Waals surface area (Å²) < 4.78 is 11.7. The van der Waals surface area contributed by atoms with Crippen LogP contribution >= 0.6 is 0 Å². The third-order valence-corrected chi connectivity index (χ3v) is 9.75. The van der Waals surface area contributed by atoms with E-state index in [0.29, 0.717) is 47.4 Å². The predicted molar refractivity (Wildman–Crippen MR) is 237 cm³/mol. The molecule has 3 heterocycles. The van der Waals surface area contributed by atoms with Crippen molar-refractivity contribution in [2.24, 2.45) is 5.92 Å². The van der Waals surface area contributed by atoms with E-state index in [4.69, 9.17) is 20.9 Å². The zero-order valence-corrected chi connectivity index (χ0v) is 37.0. The first-order valence-corrected chi connectivity index (χ1v) is 20.6. The van der Waals surface area contributed by atoms with Gasteiger partial charge in [0.05, 0.1) is 30.8 Å². The van der Waals surface area contributed by atoms with E-state index >= 15 is 0 Å². The number of benzene rings is 2. The van der Waals surface area contributed by atoms with Gasteiger partial charge in [0, 0.05) is 23.4 Å². The van der Waals surface area contributed by atoms with Gasteiger partial charge in [-0.05, 0) is 95.2 Å². The number of nitrogens with zero attached hydrogens (tertiary/aromatic N) is 7. The maximum Gasteiger partial charge on any atom is 0.408 e. The zero-order chi connectivity index (χ0) is 47.6. The van der Waals surface area contributed by atoms with E-state index in [0.717, 1.165) is 5.56 Å². The summed E-state index contributed by atoms with van der Waals surface area (Å²) >= 11 is 0. The summed E-state index contributed by atoms with van der Waals surface area (Å²) in [5, 5.41) is 28.6. The standard InChI is InChI=1S/C43H53N13O9/c1-22(2)32(51-42(63)65-43(4,5)6)38(59)47-23(3)36(57)49-26-16-17-28(29(19-26)40(62)64-7)31-21-56(55-54-31)18-8-9-30(39(60)61)50-37(58)25-13-10-24(11-14-25)12-15-27-20-46-35-33(48-27)34(44)52-41(45)53-35/h10-11,13-14,16-17,19-23,30,32H,8-9,12,15,18H2,1-7H3,(H,47,59)(H,49,57)(H,50,58)(H,51,63)(H,60,61)(H4,44,45,46,52,53)/t23-,30-,32-/m0/s1. The van der Waals surface area contributed by atoms with Crippen LogP contribution in [0.4, 0.5) is 22.2 Å². The second-order valence-electron chi connectivity index (χ2n) is 16.4. The number of esters is 1. The molecule has 3 atom stereocenters. The lowest BCUT2D eigenvalue weighted by Gasteiger charge is -2.26. The summed E-state index contributed by atoms with van der Waals surface area (Å²) in [5.74, 6) is -3.86. The average molecular weight is 896 g/mol. The summed E-state index contributed by atoms with van der Waals surface area (Å²) in [6, 6.07) is 8.04. The van der Waals surface area contributed by atoms with Crippen molar-refractivity contribution in [3.8, 4) is 11.3 Å². The number of ether oxygens (including phenoxy) is 2. The van der Waals surface area contributed by atoms with Crippen LogP contribution in [0.15, 0.2) is 54.9 Å². The Hall–Kier alpha value is -7.78. The molecule has 0 aliphatic carbocycles. The van der Waals surface area contributed by atoms with E-state index in [1.165, 1.54) is 30.8 Å². The van der Waals surface area contributed by atoms with Crippen LogP contribution in [-0.2, 0) is 43.2 Å². The van der Waals surface area contributed by atoms with E-state index in [1.807, 2.05) is 0 Å². The molecule has 4 amide bonds. The first-order chi connectivity index (χ1) is 30.7. The molecule has 0 radical (unpaired) electrons. The number of carbonyl (C=O) groups excluding carboxylic acids is 5. The number of methoxy groups -OCH3 is 1. The second kappa shape index (κ2) is 21.1. The Morgan fingerprint density at radius 3 is 2.28 bits per heavy atom. The van der Waals surface area contributed by atoms with Gasteiger partial charge in [0.2, 0.25) is 17.8 Å². The fourth-order valence-electron chi connectivity index (χ4n) is 6.40. The highest BCUT2D eigenvalue weighted by Crippen LogP contribution is 2.26. The number of hydrogen-bond acceptors (Lipinski definition) is 16. The second-order valence-corrected chi connectivity index (χ2v) is 16.4. The van der Waals surface area contributed by atoms with Crippen molar-refractivity contribution in [3.63, 3.8) is 0 Å². The number of alkyl carbamates (subject to hydrolysis) is 1. The van der Waals surface area contributed by atoms with Crippen molar-refractivity contribution in [2.75, 3.05) is 23.9 Å². The molecule has 22 heteroatoms. The van der Waals surface area contributed by atoms with Crippen molar-refractivity contribution >= 4 is 64.4 Å². The van der Waals surface area contributed by atoms with Crippen LogP contribution in [0.3, 0.4) is 0 Å². The summed E-state index contributed by atoms with van der Waals surface area (Å²) in [4.78, 5) is 93.4. The molecular weight excluding hydrogens is 843 g/mol. The maximum atomic E-state index is 13.1. The monoisotopic (exact) mass is 895 g/mol. The van der Waals surface area contributed by atoms with E-state index < -0.39 is 59.5 Å². The first-order valence-electron chi connectivity index (χ1n) is 20.6. The molecule has 2 aromatic carbocycles. The van der Waals surface area contributed by atoms with Crippen LogP contribution in [0.2, 0.25) is 0 Å². The number of hydrogen-bond donors (Lipinski definition) is 7.